The van der Waals surface area contributed by atoms with Gasteiger partial charge in [0.2, 0.25) is 0 Å². The molecular weight excluding hydrogens is 388 g/mol. The molecule has 1 fully saturated rings. The lowest BCUT2D eigenvalue weighted by Crippen LogP contribution is -2.32. The fourth-order valence-corrected chi connectivity index (χ4v) is 3.28. The molecule has 0 bridgehead atoms. The highest BCUT2D eigenvalue weighted by Gasteiger charge is 2.32. The van der Waals surface area contributed by atoms with Crippen LogP contribution in [0.15, 0.2) is 24.3 Å². The number of benzene rings is 1. The summed E-state index contributed by atoms with van der Waals surface area (Å²) in [6.45, 7) is 2.76. The molecule has 0 saturated carbocycles. The van der Waals surface area contributed by atoms with Gasteiger partial charge in [-0.15, -0.1) is 5.06 Å². The van der Waals surface area contributed by atoms with Gasteiger partial charge in [0.05, 0.1) is 5.75 Å². The lowest BCUT2D eigenvalue weighted by atomic mass is 10.2. The van der Waals surface area contributed by atoms with Gasteiger partial charge in [-0.3, -0.25) is 14.1 Å². The van der Waals surface area contributed by atoms with Gasteiger partial charge in [0.1, 0.15) is 0 Å². The van der Waals surface area contributed by atoms with Gasteiger partial charge in [-0.2, -0.15) is 8.42 Å². The van der Waals surface area contributed by atoms with E-state index in [2.05, 4.69) is 0 Å². The van der Waals surface area contributed by atoms with Crippen LogP contribution >= 0.6 is 0 Å². The van der Waals surface area contributed by atoms with Gasteiger partial charge in [0, 0.05) is 38.0 Å². The first-order chi connectivity index (χ1) is 13.2. The van der Waals surface area contributed by atoms with Crippen molar-refractivity contribution in [3.05, 3.63) is 29.8 Å². The summed E-state index contributed by atoms with van der Waals surface area (Å²) in [5.74, 6) is -2.07. The Hall–Kier alpha value is -2.46. The van der Waals surface area contributed by atoms with Crippen molar-refractivity contribution in [1.29, 1.82) is 0 Å². The summed E-state index contributed by atoms with van der Waals surface area (Å²) in [6, 6.07) is 7.62. The summed E-state index contributed by atoms with van der Waals surface area (Å²) in [4.78, 5) is 41.6. The van der Waals surface area contributed by atoms with E-state index in [1.165, 1.54) is 0 Å². The maximum absolute atomic E-state index is 11.9. The van der Waals surface area contributed by atoms with E-state index in [1.807, 2.05) is 36.1 Å². The van der Waals surface area contributed by atoms with Gasteiger partial charge in [-0.25, -0.2) is 4.79 Å². The second kappa shape index (κ2) is 9.65. The molecule has 2 rings (SSSR count). The van der Waals surface area contributed by atoms with E-state index in [4.69, 9.17) is 9.39 Å². The van der Waals surface area contributed by atoms with Gasteiger partial charge >= 0.3 is 5.97 Å². The predicted molar refractivity (Wildman–Crippen MR) is 101 cm³/mol. The number of rotatable bonds is 10. The number of amides is 2. The third kappa shape index (κ3) is 6.93. The van der Waals surface area contributed by atoms with E-state index in [0.29, 0.717) is 24.6 Å². The molecule has 1 saturated heterocycles. The van der Waals surface area contributed by atoms with Crippen LogP contribution < -0.4 is 4.90 Å². The molecule has 0 radical (unpaired) electrons. The zero-order valence-corrected chi connectivity index (χ0v) is 16.5. The standard InChI is InChI=1S/C18H24N2O7S/c1-14-5-7-15(8-6-14)19(12-3-13-28(24,25)26)11-2-4-18(23)27-20-16(21)9-10-17(20)22/h5-8H,2-4,9-13H2,1H3,(H,24,25,26). The van der Waals surface area contributed by atoms with E-state index < -0.39 is 27.9 Å². The molecule has 0 aliphatic carbocycles. The molecule has 9 nitrogen and oxygen atoms in total. The fourth-order valence-electron chi connectivity index (χ4n) is 2.78. The summed E-state index contributed by atoms with van der Waals surface area (Å²) in [5.41, 5.74) is 1.93. The summed E-state index contributed by atoms with van der Waals surface area (Å²) >= 11 is 0. The molecule has 1 heterocycles. The van der Waals surface area contributed by atoms with Crippen LogP contribution in [0.3, 0.4) is 0 Å². The van der Waals surface area contributed by atoms with Crippen molar-refractivity contribution in [3.63, 3.8) is 0 Å². The van der Waals surface area contributed by atoms with Crippen LogP contribution in [-0.2, 0) is 29.3 Å². The molecular formula is C18H24N2O7S. The normalized spacial score (nSPS) is 14.4. The third-order valence-electron chi connectivity index (χ3n) is 4.24. The molecule has 0 unspecified atom stereocenters. The Bertz CT molecular complexity index is 805. The van der Waals surface area contributed by atoms with E-state index in [1.54, 1.807) is 0 Å². The largest absolute Gasteiger partial charge is 0.371 e. The lowest BCUT2D eigenvalue weighted by Gasteiger charge is -2.25. The number of aryl methyl sites for hydroxylation is 1. The second-order valence-electron chi connectivity index (χ2n) is 6.61. The number of nitrogens with zero attached hydrogens (tertiary/aromatic N) is 2. The number of carbonyl (C=O) groups is 3. The van der Waals surface area contributed by atoms with Crippen LogP contribution in [0.25, 0.3) is 0 Å². The minimum atomic E-state index is -4.04. The van der Waals surface area contributed by atoms with Crippen LogP contribution in [0.2, 0.25) is 0 Å². The summed E-state index contributed by atoms with van der Waals surface area (Å²) in [6.07, 6.45) is 0.697. The highest BCUT2D eigenvalue weighted by molar-refractivity contribution is 7.85. The zero-order chi connectivity index (χ0) is 20.7. The highest BCUT2D eigenvalue weighted by atomic mass is 32.2. The monoisotopic (exact) mass is 412 g/mol. The van der Waals surface area contributed by atoms with E-state index in [9.17, 15) is 22.8 Å². The Morgan fingerprint density at radius 1 is 1.11 bits per heavy atom. The number of anilines is 1. The number of hydroxylamine groups is 2. The van der Waals surface area contributed by atoms with E-state index in [-0.39, 0.29) is 31.4 Å². The van der Waals surface area contributed by atoms with Crippen molar-refractivity contribution < 1.29 is 32.2 Å². The van der Waals surface area contributed by atoms with Gasteiger partial charge in [-0.1, -0.05) is 17.7 Å². The third-order valence-corrected chi connectivity index (χ3v) is 5.04. The first kappa shape index (κ1) is 21.8. The van der Waals surface area contributed by atoms with Crippen molar-refractivity contribution in [2.45, 2.75) is 39.0 Å². The number of imide groups is 1. The quantitative estimate of drug-likeness (QED) is 0.453. The summed E-state index contributed by atoms with van der Waals surface area (Å²) < 4.78 is 30.8. The van der Waals surface area contributed by atoms with Gasteiger partial charge in [0.25, 0.3) is 21.9 Å². The van der Waals surface area contributed by atoms with Crippen LogP contribution in [0.1, 0.15) is 37.7 Å². The first-order valence-corrected chi connectivity index (χ1v) is 10.6. The maximum atomic E-state index is 11.9. The first-order valence-electron chi connectivity index (χ1n) is 8.99. The van der Waals surface area contributed by atoms with Crippen LogP contribution in [0, 0.1) is 6.92 Å². The molecule has 0 atom stereocenters. The van der Waals surface area contributed by atoms with Crippen molar-refractivity contribution in [3.8, 4) is 0 Å². The second-order valence-corrected chi connectivity index (χ2v) is 8.18. The van der Waals surface area contributed by atoms with Crippen molar-refractivity contribution in [1.82, 2.24) is 5.06 Å². The topological polar surface area (TPSA) is 121 Å². The van der Waals surface area contributed by atoms with Crippen LogP contribution in [0.5, 0.6) is 0 Å². The Labute approximate surface area is 164 Å². The molecule has 0 aromatic heterocycles. The molecule has 28 heavy (non-hydrogen) atoms. The number of hydrogen-bond acceptors (Lipinski definition) is 7. The predicted octanol–water partition coefficient (Wildman–Crippen LogP) is 1.47. The molecule has 0 spiro atoms. The molecule has 1 aliphatic heterocycles. The minimum absolute atomic E-state index is 0.00226. The highest BCUT2D eigenvalue weighted by Crippen LogP contribution is 2.17. The van der Waals surface area contributed by atoms with Crippen molar-refractivity contribution >= 4 is 33.6 Å². The van der Waals surface area contributed by atoms with Crippen molar-refractivity contribution in [2.24, 2.45) is 0 Å². The zero-order valence-electron chi connectivity index (χ0n) is 15.7. The average molecular weight is 412 g/mol. The average Bonchev–Trinajstić information content (AvgIpc) is 2.92. The van der Waals surface area contributed by atoms with Crippen LogP contribution in [-0.4, -0.2) is 54.7 Å². The molecule has 1 aliphatic rings. The van der Waals surface area contributed by atoms with Gasteiger partial charge < -0.3 is 9.74 Å². The SMILES string of the molecule is Cc1ccc(N(CCCC(=O)ON2C(=O)CCC2=O)CCCS(=O)(=O)O)cc1. The fraction of sp³-hybridized carbons (Fsp3) is 0.500. The molecule has 1 aromatic carbocycles. The van der Waals surface area contributed by atoms with E-state index >= 15 is 0 Å². The van der Waals surface area contributed by atoms with Crippen molar-refractivity contribution in [2.75, 3.05) is 23.7 Å². The number of carbonyl (C=O) groups excluding carboxylic acids is 3. The molecule has 10 heteroatoms. The Balaban J connectivity index is 1.88. The molecule has 1 N–H and O–H groups in total. The molecule has 1 aromatic rings. The van der Waals surface area contributed by atoms with E-state index in [0.717, 1.165) is 11.3 Å². The molecule has 2 amide bonds. The Kier molecular flexibility index (Phi) is 7.53. The Morgan fingerprint density at radius 2 is 1.68 bits per heavy atom. The lowest BCUT2D eigenvalue weighted by molar-refractivity contribution is -0.197. The van der Waals surface area contributed by atoms with Gasteiger partial charge in [0.15, 0.2) is 0 Å². The summed E-state index contributed by atoms with van der Waals surface area (Å²) in [5, 5.41) is 0.520. The smallest absolute Gasteiger partial charge is 0.333 e. The van der Waals surface area contributed by atoms with Gasteiger partial charge in [-0.05, 0) is 31.9 Å². The maximum Gasteiger partial charge on any atom is 0.333 e. The summed E-state index contributed by atoms with van der Waals surface area (Å²) in [7, 11) is -4.04. The Morgan fingerprint density at radius 3 is 2.25 bits per heavy atom. The van der Waals surface area contributed by atoms with Crippen LogP contribution in [0.4, 0.5) is 5.69 Å². The minimum Gasteiger partial charge on any atom is -0.371 e. The molecule has 154 valence electrons. The number of hydrogen-bond donors (Lipinski definition) is 1.